The molecule has 14 heavy (non-hydrogen) atoms. The topological polar surface area (TPSA) is 38.7 Å². The van der Waals surface area contributed by atoms with E-state index >= 15 is 0 Å². The summed E-state index contributed by atoms with van der Waals surface area (Å²) in [6.45, 7) is 0.555. The summed E-state index contributed by atoms with van der Waals surface area (Å²) in [4.78, 5) is 0. The van der Waals surface area contributed by atoms with Crippen molar-refractivity contribution in [1.82, 2.24) is 0 Å². The molecule has 0 aromatic heterocycles. The van der Waals surface area contributed by atoms with Crippen LogP contribution in [0.4, 0.5) is 0 Å². The Balaban J connectivity index is 2.51. The quantitative estimate of drug-likeness (QED) is 0.840. The van der Waals surface area contributed by atoms with Gasteiger partial charge >= 0.3 is 0 Å². The van der Waals surface area contributed by atoms with Crippen LogP contribution in [0.1, 0.15) is 18.1 Å². The number of aliphatic hydroxyl groups is 1. The number of hydrogen-bond acceptors (Lipinski definition) is 3. The molecule has 0 saturated heterocycles. The van der Waals surface area contributed by atoms with Crippen molar-refractivity contribution in [1.29, 1.82) is 0 Å². The fourth-order valence-electron chi connectivity index (χ4n) is 1.53. The second-order valence-corrected chi connectivity index (χ2v) is 4.03. The van der Waals surface area contributed by atoms with Gasteiger partial charge in [0.15, 0.2) is 0 Å². The molecule has 0 spiro atoms. The van der Waals surface area contributed by atoms with Crippen molar-refractivity contribution in [3.63, 3.8) is 0 Å². The van der Waals surface area contributed by atoms with Crippen LogP contribution in [0.5, 0.6) is 11.5 Å². The minimum atomic E-state index is -0.454. The first-order chi connectivity index (χ1) is 6.72. The highest BCUT2D eigenvalue weighted by molar-refractivity contribution is 9.10. The van der Waals surface area contributed by atoms with E-state index < -0.39 is 6.10 Å². The van der Waals surface area contributed by atoms with Gasteiger partial charge in [-0.2, -0.15) is 0 Å². The van der Waals surface area contributed by atoms with Crippen molar-refractivity contribution in [2.24, 2.45) is 0 Å². The van der Waals surface area contributed by atoms with Gasteiger partial charge in [-0.1, -0.05) is 0 Å². The van der Waals surface area contributed by atoms with Gasteiger partial charge in [0.05, 0.1) is 24.3 Å². The molecule has 0 saturated carbocycles. The summed E-state index contributed by atoms with van der Waals surface area (Å²) in [6, 6.07) is 3.64. The van der Waals surface area contributed by atoms with Crippen LogP contribution in [0.2, 0.25) is 0 Å². The molecule has 1 heterocycles. The van der Waals surface area contributed by atoms with E-state index in [1.54, 1.807) is 7.11 Å². The highest BCUT2D eigenvalue weighted by Gasteiger charge is 2.22. The smallest absolute Gasteiger partial charge is 0.139 e. The molecule has 2 rings (SSSR count). The van der Waals surface area contributed by atoms with Gasteiger partial charge < -0.3 is 14.6 Å². The first-order valence-corrected chi connectivity index (χ1v) is 5.20. The lowest BCUT2D eigenvalue weighted by atomic mass is 10.0. The lowest BCUT2D eigenvalue weighted by molar-refractivity contribution is 0.114. The predicted octanol–water partition coefficient (Wildman–Crippen LogP) is 2.27. The first-order valence-electron chi connectivity index (χ1n) is 4.40. The molecule has 1 N–H and O–H groups in total. The lowest BCUT2D eigenvalue weighted by Crippen LogP contribution is -2.14. The summed E-state index contributed by atoms with van der Waals surface area (Å²) in [5, 5.41) is 9.75. The number of halogens is 1. The molecule has 1 atom stereocenters. The van der Waals surface area contributed by atoms with Gasteiger partial charge in [-0.25, -0.2) is 0 Å². The normalized spacial score (nSPS) is 19.8. The first kappa shape index (κ1) is 9.80. The van der Waals surface area contributed by atoms with Gasteiger partial charge in [-0.3, -0.25) is 0 Å². The van der Waals surface area contributed by atoms with Gasteiger partial charge in [0.25, 0.3) is 0 Å². The lowest BCUT2D eigenvalue weighted by Gasteiger charge is -2.23. The zero-order valence-electron chi connectivity index (χ0n) is 7.79. The highest BCUT2D eigenvalue weighted by atomic mass is 79.9. The molecule has 0 bridgehead atoms. The van der Waals surface area contributed by atoms with E-state index in [0.29, 0.717) is 13.0 Å². The number of methoxy groups -OCH3 is 1. The standard InChI is InChI=1S/C10H11BrO3/c1-13-6-4-7-9(12)2-3-14-10(7)8(11)5-6/h4-5,9,12H,2-3H2,1H3. The molecule has 0 aliphatic carbocycles. The van der Waals surface area contributed by atoms with Crippen molar-refractivity contribution in [3.05, 3.63) is 22.2 Å². The molecule has 1 aliphatic heterocycles. The maximum absolute atomic E-state index is 9.75. The monoisotopic (exact) mass is 258 g/mol. The summed E-state index contributed by atoms with van der Waals surface area (Å²) >= 11 is 3.39. The second kappa shape index (κ2) is 3.79. The van der Waals surface area contributed by atoms with E-state index in [1.807, 2.05) is 12.1 Å². The van der Waals surface area contributed by atoms with Gasteiger partial charge in [0.2, 0.25) is 0 Å². The van der Waals surface area contributed by atoms with Crippen LogP contribution in [0.25, 0.3) is 0 Å². The molecular weight excluding hydrogens is 248 g/mol. The molecular formula is C10H11BrO3. The summed E-state index contributed by atoms with van der Waals surface area (Å²) in [6.07, 6.45) is 0.178. The highest BCUT2D eigenvalue weighted by Crippen LogP contribution is 2.40. The van der Waals surface area contributed by atoms with E-state index in [1.165, 1.54) is 0 Å². The van der Waals surface area contributed by atoms with Gasteiger partial charge in [0.1, 0.15) is 11.5 Å². The molecule has 76 valence electrons. The Morgan fingerprint density at radius 1 is 1.57 bits per heavy atom. The van der Waals surface area contributed by atoms with E-state index in [-0.39, 0.29) is 0 Å². The molecule has 1 aliphatic rings. The molecule has 0 radical (unpaired) electrons. The van der Waals surface area contributed by atoms with E-state index in [9.17, 15) is 5.11 Å². The zero-order chi connectivity index (χ0) is 10.1. The third-order valence-corrected chi connectivity index (χ3v) is 2.87. The summed E-state index contributed by atoms with van der Waals surface area (Å²) in [7, 11) is 1.60. The second-order valence-electron chi connectivity index (χ2n) is 3.18. The Kier molecular flexibility index (Phi) is 2.65. The number of ether oxygens (including phenoxy) is 2. The van der Waals surface area contributed by atoms with Crippen molar-refractivity contribution in [2.75, 3.05) is 13.7 Å². The minimum Gasteiger partial charge on any atom is -0.497 e. The Labute approximate surface area is 90.8 Å². The van der Waals surface area contributed by atoms with Crippen LogP contribution in [0.15, 0.2) is 16.6 Å². The molecule has 0 amide bonds. The van der Waals surface area contributed by atoms with Crippen molar-refractivity contribution in [3.8, 4) is 11.5 Å². The number of benzene rings is 1. The van der Waals surface area contributed by atoms with Crippen LogP contribution in [-0.2, 0) is 0 Å². The summed E-state index contributed by atoms with van der Waals surface area (Å²) in [5.41, 5.74) is 0.794. The third-order valence-electron chi connectivity index (χ3n) is 2.28. The average Bonchev–Trinajstić information content (AvgIpc) is 2.19. The van der Waals surface area contributed by atoms with Gasteiger partial charge in [-0.15, -0.1) is 0 Å². The number of fused-ring (bicyclic) bond motifs is 1. The van der Waals surface area contributed by atoms with E-state index in [2.05, 4.69) is 15.9 Å². The maximum Gasteiger partial charge on any atom is 0.139 e. The molecule has 1 aromatic carbocycles. The largest absolute Gasteiger partial charge is 0.497 e. The molecule has 1 aromatic rings. The van der Waals surface area contributed by atoms with E-state index in [4.69, 9.17) is 9.47 Å². The Bertz CT molecular complexity index is 351. The SMILES string of the molecule is COc1cc(Br)c2c(c1)C(O)CCO2. The molecule has 0 fully saturated rings. The fourth-order valence-corrected chi connectivity index (χ4v) is 2.10. The van der Waals surface area contributed by atoms with Crippen LogP contribution >= 0.6 is 15.9 Å². The Morgan fingerprint density at radius 3 is 3.07 bits per heavy atom. The van der Waals surface area contributed by atoms with Crippen LogP contribution < -0.4 is 9.47 Å². The van der Waals surface area contributed by atoms with Crippen LogP contribution in [0.3, 0.4) is 0 Å². The molecule has 1 unspecified atom stereocenters. The minimum absolute atomic E-state index is 0.454. The number of rotatable bonds is 1. The third kappa shape index (κ3) is 1.60. The van der Waals surface area contributed by atoms with E-state index in [0.717, 1.165) is 21.5 Å². The number of aliphatic hydroxyl groups excluding tert-OH is 1. The van der Waals surface area contributed by atoms with Crippen molar-refractivity contribution >= 4 is 15.9 Å². The van der Waals surface area contributed by atoms with Gasteiger partial charge in [0, 0.05) is 12.0 Å². The van der Waals surface area contributed by atoms with Crippen LogP contribution in [0, 0.1) is 0 Å². The average molecular weight is 259 g/mol. The van der Waals surface area contributed by atoms with Crippen molar-refractivity contribution in [2.45, 2.75) is 12.5 Å². The van der Waals surface area contributed by atoms with Crippen molar-refractivity contribution < 1.29 is 14.6 Å². The van der Waals surface area contributed by atoms with Gasteiger partial charge in [-0.05, 0) is 28.1 Å². The van der Waals surface area contributed by atoms with Crippen LogP contribution in [-0.4, -0.2) is 18.8 Å². The number of hydrogen-bond donors (Lipinski definition) is 1. The summed E-state index contributed by atoms with van der Waals surface area (Å²) in [5.74, 6) is 1.45. The molecule has 3 nitrogen and oxygen atoms in total. The predicted molar refractivity (Wildman–Crippen MR) is 55.8 cm³/mol. The fraction of sp³-hybridized carbons (Fsp3) is 0.400. The maximum atomic E-state index is 9.75. The zero-order valence-corrected chi connectivity index (χ0v) is 9.37. The summed E-state index contributed by atoms with van der Waals surface area (Å²) < 4.78 is 11.4. The Hall–Kier alpha value is -0.740. The molecule has 4 heteroatoms. The Morgan fingerprint density at radius 2 is 2.36 bits per heavy atom.